The number of benzene rings is 1. The highest BCUT2D eigenvalue weighted by atomic mass is 32.2. The molecule has 0 radical (unpaired) electrons. The molecular weight excluding hydrogens is 355 g/mol. The third-order valence-corrected chi connectivity index (χ3v) is 4.99. The molecule has 0 saturated heterocycles. The third-order valence-electron chi connectivity index (χ3n) is 3.35. The van der Waals surface area contributed by atoms with E-state index in [2.05, 4.69) is 16.9 Å². The molecule has 24 heavy (non-hydrogen) atoms. The highest BCUT2D eigenvalue weighted by Gasteiger charge is 2.29. The minimum atomic E-state index is -4.34. The van der Waals surface area contributed by atoms with Crippen molar-refractivity contribution in [3.05, 3.63) is 36.5 Å². The predicted molar refractivity (Wildman–Crippen MR) is 92.3 cm³/mol. The van der Waals surface area contributed by atoms with Gasteiger partial charge >= 0.3 is 5.51 Å². The van der Waals surface area contributed by atoms with Gasteiger partial charge in [0.05, 0.1) is 0 Å². The lowest BCUT2D eigenvalue weighted by Crippen LogP contribution is -1.99. The number of hydrogen-bond donors (Lipinski definition) is 0. The first-order chi connectivity index (χ1) is 11.4. The summed E-state index contributed by atoms with van der Waals surface area (Å²) in [5.41, 5.74) is -2.36. The molecule has 2 heterocycles. The van der Waals surface area contributed by atoms with E-state index in [1.54, 1.807) is 11.8 Å². The Balaban J connectivity index is 2.09. The topological polar surface area (TPSA) is 30.7 Å². The van der Waals surface area contributed by atoms with E-state index in [9.17, 15) is 13.2 Å². The highest BCUT2D eigenvalue weighted by Crippen LogP contribution is 2.38. The van der Waals surface area contributed by atoms with Gasteiger partial charge in [-0.2, -0.15) is 13.2 Å². The molecule has 0 amide bonds. The van der Waals surface area contributed by atoms with Gasteiger partial charge in [-0.1, -0.05) is 25.1 Å². The van der Waals surface area contributed by atoms with Crippen LogP contribution in [0.4, 0.5) is 13.2 Å². The van der Waals surface area contributed by atoms with Crippen LogP contribution < -0.4 is 0 Å². The third kappa shape index (κ3) is 3.54. The van der Waals surface area contributed by atoms with Crippen molar-refractivity contribution in [1.82, 2.24) is 14.5 Å². The van der Waals surface area contributed by atoms with Gasteiger partial charge in [-0.3, -0.25) is 0 Å². The van der Waals surface area contributed by atoms with E-state index in [-0.39, 0.29) is 16.7 Å². The predicted octanol–water partition coefficient (Wildman–Crippen LogP) is 5.36. The Morgan fingerprint density at radius 3 is 2.67 bits per heavy atom. The van der Waals surface area contributed by atoms with E-state index in [1.807, 2.05) is 35.9 Å². The molecule has 0 atom stereocenters. The number of imidazole rings is 1. The van der Waals surface area contributed by atoms with Crippen molar-refractivity contribution < 1.29 is 13.2 Å². The molecule has 0 aliphatic carbocycles. The quantitative estimate of drug-likeness (QED) is 0.579. The summed E-state index contributed by atoms with van der Waals surface area (Å²) >= 11 is 1.52. The van der Waals surface area contributed by atoms with Crippen LogP contribution in [0.5, 0.6) is 0 Å². The summed E-state index contributed by atoms with van der Waals surface area (Å²) in [5.74, 6) is 1.62. The van der Waals surface area contributed by atoms with Gasteiger partial charge in [0.15, 0.2) is 5.65 Å². The zero-order valence-electron chi connectivity index (χ0n) is 13.0. The van der Waals surface area contributed by atoms with Crippen molar-refractivity contribution in [2.45, 2.75) is 22.2 Å². The molecule has 8 heteroatoms. The summed E-state index contributed by atoms with van der Waals surface area (Å²) in [4.78, 5) is 9.81. The summed E-state index contributed by atoms with van der Waals surface area (Å²) in [6.07, 6.45) is 1.23. The van der Waals surface area contributed by atoms with Gasteiger partial charge in [-0.05, 0) is 29.6 Å². The summed E-state index contributed by atoms with van der Waals surface area (Å²) in [6.45, 7) is 2.07. The van der Waals surface area contributed by atoms with Gasteiger partial charge in [-0.25, -0.2) is 9.97 Å². The molecule has 0 bridgehead atoms. The maximum atomic E-state index is 12.5. The number of pyridine rings is 1. The van der Waals surface area contributed by atoms with Gasteiger partial charge in [-0.15, -0.1) is 11.8 Å². The fourth-order valence-corrected chi connectivity index (χ4v) is 3.76. The Kier molecular flexibility index (Phi) is 4.78. The number of halogens is 3. The van der Waals surface area contributed by atoms with Gasteiger partial charge < -0.3 is 4.57 Å². The molecule has 0 aliphatic rings. The summed E-state index contributed by atoms with van der Waals surface area (Å²) < 4.78 is 39.4. The van der Waals surface area contributed by atoms with E-state index in [4.69, 9.17) is 0 Å². The average Bonchev–Trinajstić information content (AvgIpc) is 2.83. The Bertz CT molecular complexity index is 875. The van der Waals surface area contributed by atoms with Crippen molar-refractivity contribution in [1.29, 1.82) is 0 Å². The fraction of sp³-hybridized carbons (Fsp3) is 0.250. The van der Waals surface area contributed by atoms with E-state index < -0.39 is 5.51 Å². The van der Waals surface area contributed by atoms with Crippen molar-refractivity contribution in [2.75, 3.05) is 5.75 Å². The number of nitrogens with zero attached hydrogens (tertiary/aromatic N) is 3. The SMILES string of the molecule is CCSc1ccccc1-c1nc2cc(SC(F)(F)F)cnc2n1C. The molecule has 3 rings (SSSR count). The zero-order valence-corrected chi connectivity index (χ0v) is 14.6. The second kappa shape index (κ2) is 6.68. The summed E-state index contributed by atoms with van der Waals surface area (Å²) in [5, 5.41) is 0. The van der Waals surface area contributed by atoms with Crippen molar-refractivity contribution in [2.24, 2.45) is 7.05 Å². The summed E-state index contributed by atoms with van der Waals surface area (Å²) in [7, 11) is 1.82. The number of thioether (sulfide) groups is 2. The number of hydrogen-bond acceptors (Lipinski definition) is 4. The molecule has 2 aromatic heterocycles. The largest absolute Gasteiger partial charge is 0.446 e. The molecule has 126 valence electrons. The van der Waals surface area contributed by atoms with Crippen molar-refractivity contribution >= 4 is 34.7 Å². The average molecular weight is 369 g/mol. The standard InChI is InChI=1S/C16H14F3N3S2/c1-3-23-13-7-5-4-6-11(13)14-21-12-8-10(24-16(17,18)19)9-20-15(12)22(14)2/h4-9H,3H2,1-2H3. The molecule has 0 N–H and O–H groups in total. The molecule has 0 fully saturated rings. The van der Waals surface area contributed by atoms with Crippen LogP contribution in [0, 0.1) is 0 Å². The van der Waals surface area contributed by atoms with Gasteiger partial charge in [0.1, 0.15) is 11.3 Å². The molecule has 3 nitrogen and oxygen atoms in total. The maximum absolute atomic E-state index is 12.5. The number of rotatable bonds is 4. The molecule has 0 spiro atoms. The van der Waals surface area contributed by atoms with E-state index >= 15 is 0 Å². The normalized spacial score (nSPS) is 12.0. The molecule has 0 aliphatic heterocycles. The Hall–Kier alpha value is -1.67. The van der Waals surface area contributed by atoms with Crippen LogP contribution >= 0.6 is 23.5 Å². The Morgan fingerprint density at radius 2 is 1.96 bits per heavy atom. The van der Waals surface area contributed by atoms with Crippen LogP contribution in [-0.4, -0.2) is 25.8 Å². The van der Waals surface area contributed by atoms with Crippen LogP contribution in [0.25, 0.3) is 22.6 Å². The van der Waals surface area contributed by atoms with Gasteiger partial charge in [0.25, 0.3) is 0 Å². The number of aryl methyl sites for hydroxylation is 1. The van der Waals surface area contributed by atoms with E-state index in [0.29, 0.717) is 17.0 Å². The van der Waals surface area contributed by atoms with Gasteiger partial charge in [0.2, 0.25) is 0 Å². The highest BCUT2D eigenvalue weighted by molar-refractivity contribution is 8.00. The fourth-order valence-electron chi connectivity index (χ4n) is 2.42. The summed E-state index contributed by atoms with van der Waals surface area (Å²) in [6, 6.07) is 9.29. The van der Waals surface area contributed by atoms with Crippen LogP contribution in [0.1, 0.15) is 6.92 Å². The number of alkyl halides is 3. The van der Waals surface area contributed by atoms with Gasteiger partial charge in [0, 0.05) is 28.6 Å². The number of fused-ring (bicyclic) bond motifs is 1. The van der Waals surface area contributed by atoms with Crippen LogP contribution in [0.3, 0.4) is 0 Å². The van der Waals surface area contributed by atoms with E-state index in [0.717, 1.165) is 16.2 Å². The van der Waals surface area contributed by atoms with Crippen LogP contribution in [-0.2, 0) is 7.05 Å². The van der Waals surface area contributed by atoms with Crippen LogP contribution in [0.2, 0.25) is 0 Å². The first-order valence-electron chi connectivity index (χ1n) is 7.19. The molecular formula is C16H14F3N3S2. The smallest absolute Gasteiger partial charge is 0.312 e. The van der Waals surface area contributed by atoms with Crippen molar-refractivity contribution in [3.8, 4) is 11.4 Å². The minimum Gasteiger partial charge on any atom is -0.312 e. The lowest BCUT2D eigenvalue weighted by Gasteiger charge is -2.07. The second-order valence-corrected chi connectivity index (χ2v) is 7.43. The second-order valence-electron chi connectivity index (χ2n) is 4.99. The first-order valence-corrected chi connectivity index (χ1v) is 8.99. The van der Waals surface area contributed by atoms with Crippen molar-refractivity contribution in [3.63, 3.8) is 0 Å². The van der Waals surface area contributed by atoms with E-state index in [1.165, 1.54) is 12.3 Å². The molecule has 0 unspecified atom stereocenters. The Labute approximate surface area is 145 Å². The Morgan fingerprint density at radius 1 is 1.21 bits per heavy atom. The minimum absolute atomic E-state index is 0.0378. The molecule has 0 saturated carbocycles. The van der Waals surface area contributed by atoms with Crippen LogP contribution in [0.15, 0.2) is 46.3 Å². The lowest BCUT2D eigenvalue weighted by atomic mass is 10.2. The first kappa shape index (κ1) is 17.2. The maximum Gasteiger partial charge on any atom is 0.446 e. The zero-order chi connectivity index (χ0) is 17.3. The molecule has 3 aromatic rings. The monoisotopic (exact) mass is 369 g/mol. The number of aromatic nitrogens is 3. The lowest BCUT2D eigenvalue weighted by molar-refractivity contribution is -0.0328. The molecule has 1 aromatic carbocycles.